The third-order valence-electron chi connectivity index (χ3n) is 3.95. The van der Waals surface area contributed by atoms with Crippen LogP contribution in [0.2, 0.25) is 0 Å². The zero-order valence-corrected chi connectivity index (χ0v) is 19.3. The lowest BCUT2D eigenvalue weighted by Gasteiger charge is -2.06. The molecule has 1 aromatic rings. The summed E-state index contributed by atoms with van der Waals surface area (Å²) >= 11 is 0. The van der Waals surface area contributed by atoms with Crippen LogP contribution in [-0.4, -0.2) is 31.9 Å². The molecule has 0 atom stereocenters. The van der Waals surface area contributed by atoms with Gasteiger partial charge in [0, 0.05) is 17.3 Å². The maximum absolute atomic E-state index is 12.2. The van der Waals surface area contributed by atoms with Gasteiger partial charge < -0.3 is 19.5 Å². The van der Waals surface area contributed by atoms with Crippen LogP contribution in [0.5, 0.6) is 0 Å². The largest absolute Gasteiger partial charge is 0.501 e. The van der Waals surface area contributed by atoms with Gasteiger partial charge in [-0.1, -0.05) is 26.0 Å². The van der Waals surface area contributed by atoms with E-state index in [1.54, 1.807) is 61.8 Å². The molecule has 1 heterocycles. The Bertz CT molecular complexity index is 952. The third-order valence-corrected chi connectivity index (χ3v) is 3.95. The van der Waals surface area contributed by atoms with Gasteiger partial charge in [0.05, 0.1) is 20.0 Å². The van der Waals surface area contributed by atoms with E-state index in [1.165, 1.54) is 13.2 Å². The van der Waals surface area contributed by atoms with Crippen LogP contribution in [0.15, 0.2) is 89.6 Å². The molecular formula is C25H31N3O4. The van der Waals surface area contributed by atoms with Gasteiger partial charge in [0.2, 0.25) is 5.90 Å². The van der Waals surface area contributed by atoms with Crippen molar-refractivity contribution in [3.8, 4) is 0 Å². The van der Waals surface area contributed by atoms with E-state index in [2.05, 4.69) is 16.9 Å². The van der Waals surface area contributed by atoms with Gasteiger partial charge in [0.25, 0.3) is 5.91 Å². The SMILES string of the molecule is C=CC/C=C1/OC(c2ccc(NC(=O)/C=C(/C=C\C=C(/C)OC)OC)cc2)=NC1=N.CC. The van der Waals surface area contributed by atoms with Crippen LogP contribution in [-0.2, 0) is 19.0 Å². The highest BCUT2D eigenvalue weighted by molar-refractivity contribution is 6.13. The van der Waals surface area contributed by atoms with Crippen LogP contribution in [0.4, 0.5) is 5.69 Å². The van der Waals surface area contributed by atoms with E-state index in [0.717, 1.165) is 5.76 Å². The predicted molar refractivity (Wildman–Crippen MR) is 130 cm³/mol. The Balaban J connectivity index is 0.00000249. The van der Waals surface area contributed by atoms with Gasteiger partial charge >= 0.3 is 0 Å². The summed E-state index contributed by atoms with van der Waals surface area (Å²) in [5.41, 5.74) is 1.31. The van der Waals surface area contributed by atoms with Crippen molar-refractivity contribution >= 4 is 23.3 Å². The summed E-state index contributed by atoms with van der Waals surface area (Å²) in [6, 6.07) is 6.98. The van der Waals surface area contributed by atoms with Gasteiger partial charge in [-0.15, -0.1) is 6.58 Å². The molecule has 2 N–H and O–H groups in total. The maximum Gasteiger partial charge on any atom is 0.252 e. The fourth-order valence-corrected chi connectivity index (χ4v) is 2.31. The van der Waals surface area contributed by atoms with Crippen molar-refractivity contribution in [3.63, 3.8) is 0 Å². The van der Waals surface area contributed by atoms with Crippen LogP contribution in [0.1, 0.15) is 32.8 Å². The van der Waals surface area contributed by atoms with E-state index in [4.69, 9.17) is 19.6 Å². The molecule has 0 spiro atoms. The van der Waals surface area contributed by atoms with Gasteiger partial charge in [0.15, 0.2) is 11.6 Å². The molecule has 170 valence electrons. The van der Waals surface area contributed by atoms with Crippen molar-refractivity contribution in [2.45, 2.75) is 27.2 Å². The Morgan fingerprint density at radius 1 is 1.22 bits per heavy atom. The summed E-state index contributed by atoms with van der Waals surface area (Å²) in [7, 11) is 3.07. The Hall–Kier alpha value is -3.87. The number of hydrogen-bond donors (Lipinski definition) is 2. The van der Waals surface area contributed by atoms with Crippen molar-refractivity contribution < 1.29 is 19.0 Å². The molecular weight excluding hydrogens is 406 g/mol. The van der Waals surface area contributed by atoms with Gasteiger partial charge in [-0.3, -0.25) is 10.2 Å². The number of nitrogens with zero attached hydrogens (tertiary/aromatic N) is 1. The van der Waals surface area contributed by atoms with Crippen molar-refractivity contribution in [2.24, 2.45) is 4.99 Å². The summed E-state index contributed by atoms with van der Waals surface area (Å²) < 4.78 is 15.8. The summed E-state index contributed by atoms with van der Waals surface area (Å²) in [4.78, 5) is 16.4. The molecule has 1 aromatic carbocycles. The number of allylic oxidation sites excluding steroid dienone is 6. The van der Waals surface area contributed by atoms with Gasteiger partial charge in [-0.2, -0.15) is 4.99 Å². The van der Waals surface area contributed by atoms with Crippen molar-refractivity contribution in [1.82, 2.24) is 0 Å². The van der Waals surface area contributed by atoms with Crippen molar-refractivity contribution in [3.05, 3.63) is 90.1 Å². The number of benzene rings is 1. The van der Waals surface area contributed by atoms with Crippen LogP contribution in [0.25, 0.3) is 0 Å². The fourth-order valence-electron chi connectivity index (χ4n) is 2.31. The molecule has 0 bridgehead atoms. The van der Waals surface area contributed by atoms with Gasteiger partial charge in [0.1, 0.15) is 5.76 Å². The smallest absolute Gasteiger partial charge is 0.252 e. The second-order valence-electron chi connectivity index (χ2n) is 6.12. The highest BCUT2D eigenvalue weighted by Crippen LogP contribution is 2.19. The first-order chi connectivity index (χ1) is 15.5. The first kappa shape index (κ1) is 26.2. The standard InChI is InChI=1S/C23H25N3O4.C2H6/c1-5-6-10-20-22(24)26-23(30-20)17-11-13-18(14-12-17)25-21(27)15-19(29-4)9-7-8-16(2)28-3;1-2/h5,7-15,24H,1,6H2,2-4H3,(H,25,27);1-2H3/b9-7-,16-8+,19-15-,20-10+,24-22?;. The van der Waals surface area contributed by atoms with Gasteiger partial charge in [-0.05, 0) is 55.8 Å². The monoisotopic (exact) mass is 437 g/mol. The first-order valence-electron chi connectivity index (χ1n) is 10.2. The minimum absolute atomic E-state index is 0.0741. The van der Waals surface area contributed by atoms with Crippen molar-refractivity contribution in [1.29, 1.82) is 5.41 Å². The van der Waals surface area contributed by atoms with E-state index >= 15 is 0 Å². The molecule has 0 unspecified atom stereocenters. The number of anilines is 1. The third kappa shape index (κ3) is 8.47. The second kappa shape index (κ2) is 14.2. The van der Waals surface area contributed by atoms with Gasteiger partial charge in [-0.25, -0.2) is 0 Å². The molecule has 0 radical (unpaired) electrons. The molecule has 1 aliphatic heterocycles. The molecule has 1 aliphatic rings. The molecule has 0 aromatic heterocycles. The lowest BCUT2D eigenvalue weighted by Crippen LogP contribution is -2.09. The number of amides is 1. The number of hydrogen-bond acceptors (Lipinski definition) is 5. The highest BCUT2D eigenvalue weighted by atomic mass is 16.5. The van der Waals surface area contributed by atoms with E-state index in [-0.39, 0.29) is 11.7 Å². The Morgan fingerprint density at radius 2 is 1.91 bits per heavy atom. The zero-order valence-electron chi connectivity index (χ0n) is 19.3. The number of nitrogens with one attached hydrogen (secondary N) is 2. The number of carbonyl (C=O) groups is 1. The Kier molecular flexibility index (Phi) is 11.6. The van der Waals surface area contributed by atoms with Crippen LogP contribution in [0.3, 0.4) is 0 Å². The number of amidine groups is 1. The molecule has 0 aliphatic carbocycles. The summed E-state index contributed by atoms with van der Waals surface area (Å²) in [5, 5.41) is 10.6. The molecule has 7 heteroatoms. The van der Waals surface area contributed by atoms with Crippen molar-refractivity contribution in [2.75, 3.05) is 19.5 Å². The zero-order chi connectivity index (χ0) is 23.9. The summed E-state index contributed by atoms with van der Waals surface area (Å²) in [6.45, 7) is 9.46. The number of rotatable bonds is 9. The molecule has 1 amide bonds. The minimum atomic E-state index is -0.331. The first-order valence-corrected chi connectivity index (χ1v) is 10.2. The van der Waals surface area contributed by atoms with Crippen LogP contribution < -0.4 is 5.32 Å². The number of carbonyl (C=O) groups excluding carboxylic acids is 1. The number of ether oxygens (including phenoxy) is 3. The Morgan fingerprint density at radius 3 is 2.50 bits per heavy atom. The fraction of sp³-hybridized carbons (Fsp3) is 0.240. The normalized spacial score (nSPS) is 15.0. The topological polar surface area (TPSA) is 93.0 Å². The van der Waals surface area contributed by atoms with E-state index in [1.807, 2.05) is 20.8 Å². The number of aliphatic imine (C=N–C) groups is 1. The predicted octanol–water partition coefficient (Wildman–Crippen LogP) is 5.50. The average Bonchev–Trinajstić information content (AvgIpc) is 3.18. The summed E-state index contributed by atoms with van der Waals surface area (Å²) in [6.07, 6.45) is 10.6. The lowest BCUT2D eigenvalue weighted by atomic mass is 10.2. The van der Waals surface area contributed by atoms with Crippen LogP contribution in [0, 0.1) is 5.41 Å². The second-order valence-corrected chi connectivity index (χ2v) is 6.12. The minimum Gasteiger partial charge on any atom is -0.501 e. The van der Waals surface area contributed by atoms with Crippen LogP contribution >= 0.6 is 0 Å². The maximum atomic E-state index is 12.2. The van der Waals surface area contributed by atoms with E-state index < -0.39 is 0 Å². The molecule has 0 saturated heterocycles. The van der Waals surface area contributed by atoms with E-state index in [0.29, 0.717) is 35.1 Å². The molecule has 32 heavy (non-hydrogen) atoms. The average molecular weight is 438 g/mol. The number of methoxy groups -OCH3 is 2. The molecule has 2 rings (SSSR count). The quantitative estimate of drug-likeness (QED) is 0.231. The highest BCUT2D eigenvalue weighted by Gasteiger charge is 2.20. The molecule has 0 fully saturated rings. The van der Waals surface area contributed by atoms with E-state index in [9.17, 15) is 4.79 Å². The molecule has 0 saturated carbocycles. The molecule has 7 nitrogen and oxygen atoms in total. The Labute approximate surface area is 190 Å². The lowest BCUT2D eigenvalue weighted by molar-refractivity contribution is -0.112. The summed E-state index contributed by atoms with van der Waals surface area (Å²) in [5.74, 6) is 1.63.